The zero-order valence-corrected chi connectivity index (χ0v) is 12.8. The third kappa shape index (κ3) is 4.09. The van der Waals surface area contributed by atoms with Crippen LogP contribution in [0.5, 0.6) is 11.5 Å². The molecule has 0 atom stereocenters. The number of halogens is 4. The summed E-state index contributed by atoms with van der Waals surface area (Å²) >= 11 is 0. The summed E-state index contributed by atoms with van der Waals surface area (Å²) in [6, 6.07) is 11.5. The fraction of sp³-hybridized carbons (Fsp3) is 0.250. The average Bonchev–Trinajstić information content (AvgIpc) is 2.71. The van der Waals surface area contributed by atoms with Crippen molar-refractivity contribution in [3.63, 3.8) is 0 Å². The molecule has 0 saturated heterocycles. The first kappa shape index (κ1) is 17.4. The summed E-state index contributed by atoms with van der Waals surface area (Å²) < 4.78 is 47.6. The molecule has 1 aliphatic heterocycles. The Morgan fingerprint density at radius 2 is 1.74 bits per heavy atom. The van der Waals surface area contributed by atoms with Crippen molar-refractivity contribution in [2.75, 3.05) is 13.2 Å². The van der Waals surface area contributed by atoms with Gasteiger partial charge in [0, 0.05) is 29.8 Å². The standard InChI is InChI=1S/C16H14F3NO2.ClH/c17-16(18,19)22-14-7-2-1-5-12(14)13-6-3-4-11-10-20-8-9-21-15(11)13;/h1-7,20H,8-10H2;1H. The number of alkyl halides is 3. The van der Waals surface area contributed by atoms with E-state index in [1.54, 1.807) is 24.3 Å². The summed E-state index contributed by atoms with van der Waals surface area (Å²) in [6.45, 7) is 1.77. The molecule has 0 unspecified atom stereocenters. The van der Waals surface area contributed by atoms with Gasteiger partial charge in [-0.1, -0.05) is 36.4 Å². The zero-order valence-electron chi connectivity index (χ0n) is 12.0. The molecular weight excluding hydrogens is 331 g/mol. The molecule has 2 aromatic rings. The second-order valence-corrected chi connectivity index (χ2v) is 4.86. The summed E-state index contributed by atoms with van der Waals surface area (Å²) in [4.78, 5) is 0. The van der Waals surface area contributed by atoms with Crippen LogP contribution in [0.4, 0.5) is 13.2 Å². The van der Waals surface area contributed by atoms with Crippen molar-refractivity contribution < 1.29 is 22.6 Å². The first-order chi connectivity index (χ1) is 10.5. The maximum absolute atomic E-state index is 12.6. The van der Waals surface area contributed by atoms with Crippen LogP contribution in [0, 0.1) is 0 Å². The quantitative estimate of drug-likeness (QED) is 0.886. The Morgan fingerprint density at radius 1 is 1.00 bits per heavy atom. The first-order valence-corrected chi connectivity index (χ1v) is 6.85. The predicted molar refractivity (Wildman–Crippen MR) is 83.0 cm³/mol. The van der Waals surface area contributed by atoms with E-state index >= 15 is 0 Å². The minimum Gasteiger partial charge on any atom is -0.491 e. The summed E-state index contributed by atoms with van der Waals surface area (Å²) in [5.74, 6) is 0.370. The lowest BCUT2D eigenvalue weighted by Crippen LogP contribution is -2.17. The van der Waals surface area contributed by atoms with Crippen LogP contribution in [0.1, 0.15) is 5.56 Å². The monoisotopic (exact) mass is 345 g/mol. The average molecular weight is 346 g/mol. The van der Waals surface area contributed by atoms with Gasteiger partial charge in [0.05, 0.1) is 0 Å². The van der Waals surface area contributed by atoms with Crippen molar-refractivity contribution in [3.8, 4) is 22.6 Å². The van der Waals surface area contributed by atoms with Gasteiger partial charge in [0.1, 0.15) is 18.1 Å². The molecule has 3 nitrogen and oxygen atoms in total. The number of benzene rings is 2. The Morgan fingerprint density at radius 3 is 2.52 bits per heavy atom. The van der Waals surface area contributed by atoms with Gasteiger partial charge in [0.25, 0.3) is 0 Å². The van der Waals surface area contributed by atoms with Gasteiger partial charge in [-0.2, -0.15) is 0 Å². The Hall–Kier alpha value is -1.92. The minimum absolute atomic E-state index is 0. The summed E-state index contributed by atoms with van der Waals surface area (Å²) in [5, 5.41) is 3.20. The number of nitrogens with one attached hydrogen (secondary N) is 1. The van der Waals surface area contributed by atoms with Gasteiger partial charge >= 0.3 is 6.36 Å². The lowest BCUT2D eigenvalue weighted by Gasteiger charge is -2.17. The maximum Gasteiger partial charge on any atom is 0.573 e. The summed E-state index contributed by atoms with van der Waals surface area (Å²) in [7, 11) is 0. The van der Waals surface area contributed by atoms with Crippen LogP contribution in [0.2, 0.25) is 0 Å². The van der Waals surface area contributed by atoms with E-state index < -0.39 is 6.36 Å². The Labute approximate surface area is 137 Å². The van der Waals surface area contributed by atoms with E-state index in [2.05, 4.69) is 10.1 Å². The van der Waals surface area contributed by atoms with E-state index in [9.17, 15) is 13.2 Å². The lowest BCUT2D eigenvalue weighted by atomic mass is 10.0. The van der Waals surface area contributed by atoms with Crippen molar-refractivity contribution in [2.45, 2.75) is 12.9 Å². The van der Waals surface area contributed by atoms with Crippen LogP contribution in [0.25, 0.3) is 11.1 Å². The van der Waals surface area contributed by atoms with E-state index in [1.165, 1.54) is 12.1 Å². The van der Waals surface area contributed by atoms with Gasteiger partial charge in [0.15, 0.2) is 0 Å². The van der Waals surface area contributed by atoms with Crippen LogP contribution in [-0.4, -0.2) is 19.5 Å². The van der Waals surface area contributed by atoms with E-state index in [4.69, 9.17) is 4.74 Å². The molecule has 124 valence electrons. The number of para-hydroxylation sites is 2. The fourth-order valence-electron chi connectivity index (χ4n) is 2.46. The van der Waals surface area contributed by atoms with Gasteiger partial charge in [0.2, 0.25) is 0 Å². The second kappa shape index (κ2) is 7.10. The molecule has 0 bridgehead atoms. The molecule has 0 aromatic heterocycles. The van der Waals surface area contributed by atoms with Gasteiger partial charge in [-0.25, -0.2) is 0 Å². The third-order valence-electron chi connectivity index (χ3n) is 3.34. The van der Waals surface area contributed by atoms with Crippen LogP contribution < -0.4 is 14.8 Å². The third-order valence-corrected chi connectivity index (χ3v) is 3.34. The number of rotatable bonds is 2. The SMILES string of the molecule is Cl.FC(F)(F)Oc1ccccc1-c1cccc2c1OCCNC2. The fourth-order valence-corrected chi connectivity index (χ4v) is 2.46. The topological polar surface area (TPSA) is 30.5 Å². The highest BCUT2D eigenvalue weighted by Gasteiger charge is 2.32. The highest BCUT2D eigenvalue weighted by atomic mass is 35.5. The highest BCUT2D eigenvalue weighted by Crippen LogP contribution is 2.40. The number of hydrogen-bond donors (Lipinski definition) is 1. The Bertz CT molecular complexity index is 677. The second-order valence-electron chi connectivity index (χ2n) is 4.86. The summed E-state index contributed by atoms with van der Waals surface area (Å²) in [5.41, 5.74) is 1.87. The van der Waals surface area contributed by atoms with Gasteiger partial charge in [-0.15, -0.1) is 25.6 Å². The Balaban J connectivity index is 0.00000192. The van der Waals surface area contributed by atoms with E-state index in [-0.39, 0.29) is 18.2 Å². The van der Waals surface area contributed by atoms with E-state index in [0.29, 0.717) is 36.6 Å². The molecule has 23 heavy (non-hydrogen) atoms. The van der Waals surface area contributed by atoms with Crippen LogP contribution in [-0.2, 0) is 6.54 Å². The number of fused-ring (bicyclic) bond motifs is 1. The van der Waals surface area contributed by atoms with Gasteiger partial charge in [-0.3, -0.25) is 0 Å². The molecule has 3 rings (SSSR count). The maximum atomic E-state index is 12.6. The number of ether oxygens (including phenoxy) is 2. The number of hydrogen-bond acceptors (Lipinski definition) is 3. The Kier molecular flexibility index (Phi) is 5.38. The first-order valence-electron chi connectivity index (χ1n) is 6.85. The van der Waals surface area contributed by atoms with Gasteiger partial charge in [-0.05, 0) is 6.07 Å². The molecule has 1 heterocycles. The molecule has 7 heteroatoms. The lowest BCUT2D eigenvalue weighted by molar-refractivity contribution is -0.274. The zero-order chi connectivity index (χ0) is 15.6. The molecule has 1 aliphatic rings. The van der Waals surface area contributed by atoms with Crippen LogP contribution in [0.3, 0.4) is 0 Å². The molecule has 0 spiro atoms. The predicted octanol–water partition coefficient (Wildman–Crippen LogP) is 4.16. The van der Waals surface area contributed by atoms with Crippen molar-refractivity contribution in [1.29, 1.82) is 0 Å². The van der Waals surface area contributed by atoms with Crippen molar-refractivity contribution in [2.24, 2.45) is 0 Å². The molecule has 0 aliphatic carbocycles. The minimum atomic E-state index is -4.73. The highest BCUT2D eigenvalue weighted by molar-refractivity contribution is 5.85. The van der Waals surface area contributed by atoms with Crippen LogP contribution in [0.15, 0.2) is 42.5 Å². The molecular formula is C16H15ClF3NO2. The van der Waals surface area contributed by atoms with Crippen molar-refractivity contribution >= 4 is 12.4 Å². The smallest absolute Gasteiger partial charge is 0.491 e. The summed E-state index contributed by atoms with van der Waals surface area (Å²) in [6.07, 6.45) is -4.73. The van der Waals surface area contributed by atoms with Crippen molar-refractivity contribution in [3.05, 3.63) is 48.0 Å². The van der Waals surface area contributed by atoms with E-state index in [0.717, 1.165) is 5.56 Å². The molecule has 1 N–H and O–H groups in total. The molecule has 0 fully saturated rings. The van der Waals surface area contributed by atoms with E-state index in [1.807, 2.05) is 6.07 Å². The molecule has 0 saturated carbocycles. The molecule has 0 radical (unpaired) electrons. The van der Waals surface area contributed by atoms with Crippen LogP contribution >= 0.6 is 12.4 Å². The largest absolute Gasteiger partial charge is 0.573 e. The normalized spacial score (nSPS) is 14.0. The molecule has 0 amide bonds. The van der Waals surface area contributed by atoms with Gasteiger partial charge < -0.3 is 14.8 Å². The van der Waals surface area contributed by atoms with Crippen molar-refractivity contribution in [1.82, 2.24) is 5.32 Å². The molecule has 2 aromatic carbocycles.